The lowest BCUT2D eigenvalue weighted by Crippen LogP contribution is -2.10. The minimum Gasteiger partial charge on any atom is -0.387 e. The number of hydrogen-bond donors (Lipinski definition) is 2. The summed E-state index contributed by atoms with van der Waals surface area (Å²) >= 11 is 7.14. The minimum absolute atomic E-state index is 0.314. The molecule has 4 heterocycles. The molecule has 0 fully saturated rings. The number of thiophene rings is 4. The van der Waals surface area contributed by atoms with Crippen LogP contribution in [0, 0.1) is 11.8 Å². The first kappa shape index (κ1) is 29.9. The highest BCUT2D eigenvalue weighted by Gasteiger charge is 2.25. The average molecular weight is 611 g/mol. The van der Waals surface area contributed by atoms with Gasteiger partial charge in [0.25, 0.3) is 0 Å². The Kier molecular flexibility index (Phi) is 10.2. The molecule has 1 aromatic carbocycles. The Bertz CT molecular complexity index is 1360. The van der Waals surface area contributed by atoms with Gasteiger partial charge in [0.1, 0.15) is 0 Å². The van der Waals surface area contributed by atoms with Gasteiger partial charge in [0.15, 0.2) is 0 Å². The predicted octanol–water partition coefficient (Wildman–Crippen LogP) is 12.1. The quantitative estimate of drug-likeness (QED) is 0.131. The van der Waals surface area contributed by atoms with Gasteiger partial charge in [-0.1, -0.05) is 66.2 Å². The van der Waals surface area contributed by atoms with Gasteiger partial charge in [0, 0.05) is 50.8 Å². The molecule has 0 aliphatic carbocycles. The largest absolute Gasteiger partial charge is 0.387 e. The van der Waals surface area contributed by atoms with Crippen LogP contribution in [-0.4, -0.2) is 10.2 Å². The summed E-state index contributed by atoms with van der Waals surface area (Å²) in [6.45, 7) is 8.84. The molecule has 0 spiro atoms. The lowest BCUT2D eigenvalue weighted by Gasteiger charge is -2.20. The normalized spacial score (nSPS) is 15.2. The smallest absolute Gasteiger partial charge is 0.0910 e. The molecule has 0 bridgehead atoms. The Labute approximate surface area is 255 Å². The van der Waals surface area contributed by atoms with Crippen LogP contribution >= 0.6 is 45.3 Å². The number of aliphatic hydroxyl groups excluding tert-OH is 2. The summed E-state index contributed by atoms with van der Waals surface area (Å²) in [5.74, 6) is 0.629. The van der Waals surface area contributed by atoms with Crippen LogP contribution in [0.2, 0.25) is 0 Å². The first-order valence-corrected chi connectivity index (χ1v) is 18.4. The first-order valence-electron chi connectivity index (χ1n) is 15.0. The fourth-order valence-corrected chi connectivity index (χ4v) is 10.4. The van der Waals surface area contributed by atoms with Crippen molar-refractivity contribution < 1.29 is 10.2 Å². The van der Waals surface area contributed by atoms with Crippen LogP contribution in [0.15, 0.2) is 47.2 Å². The number of rotatable bonds is 14. The maximum Gasteiger partial charge on any atom is 0.0910 e. The lowest BCUT2D eigenvalue weighted by atomic mass is 9.92. The molecule has 214 valence electrons. The Hall–Kier alpha value is -1.54. The Morgan fingerprint density at radius 2 is 1.02 bits per heavy atom. The maximum atomic E-state index is 11.3. The van der Waals surface area contributed by atoms with Crippen molar-refractivity contribution in [3.05, 3.63) is 56.9 Å². The molecular formula is C34H42O2S4. The molecule has 4 atom stereocenters. The summed E-state index contributed by atoms with van der Waals surface area (Å²) in [6.07, 6.45) is 8.04. The topological polar surface area (TPSA) is 40.5 Å². The van der Waals surface area contributed by atoms with Crippen LogP contribution in [0.25, 0.3) is 41.1 Å². The van der Waals surface area contributed by atoms with Gasteiger partial charge in [-0.25, -0.2) is 0 Å². The molecule has 40 heavy (non-hydrogen) atoms. The second kappa shape index (κ2) is 13.6. The molecule has 5 aromatic rings. The van der Waals surface area contributed by atoms with Crippen molar-refractivity contribution in [2.45, 2.75) is 91.3 Å². The van der Waals surface area contributed by atoms with E-state index in [-0.39, 0.29) is 0 Å². The second-order valence-corrected chi connectivity index (χ2v) is 15.1. The molecule has 0 aliphatic rings. The van der Waals surface area contributed by atoms with E-state index in [0.29, 0.717) is 11.8 Å². The first-order chi connectivity index (χ1) is 19.5. The monoisotopic (exact) mass is 610 g/mol. The van der Waals surface area contributed by atoms with Crippen molar-refractivity contribution in [1.82, 2.24) is 0 Å². The molecular weight excluding hydrogens is 569 g/mol. The Morgan fingerprint density at radius 1 is 0.600 bits per heavy atom. The van der Waals surface area contributed by atoms with Crippen LogP contribution in [0.3, 0.4) is 0 Å². The highest BCUT2D eigenvalue weighted by atomic mass is 32.1. The summed E-state index contributed by atoms with van der Waals surface area (Å²) in [6, 6.07) is 13.3. The van der Waals surface area contributed by atoms with E-state index < -0.39 is 12.2 Å². The van der Waals surface area contributed by atoms with Crippen molar-refractivity contribution >= 4 is 65.5 Å². The van der Waals surface area contributed by atoms with Gasteiger partial charge in [-0.3, -0.25) is 0 Å². The zero-order chi connectivity index (χ0) is 28.2. The van der Waals surface area contributed by atoms with E-state index in [4.69, 9.17) is 0 Å². The highest BCUT2D eigenvalue weighted by Crippen LogP contribution is 2.51. The molecule has 0 saturated carbocycles. The third-order valence-corrected chi connectivity index (χ3v) is 12.7. The zero-order valence-electron chi connectivity index (χ0n) is 24.1. The van der Waals surface area contributed by atoms with E-state index in [1.54, 1.807) is 22.7 Å². The molecule has 0 amide bonds. The molecule has 4 aromatic heterocycles. The van der Waals surface area contributed by atoms with Crippen LogP contribution in [0.5, 0.6) is 0 Å². The summed E-state index contributed by atoms with van der Waals surface area (Å²) in [5.41, 5.74) is 2.61. The Balaban J connectivity index is 1.54. The molecule has 0 saturated heterocycles. The van der Waals surface area contributed by atoms with Crippen molar-refractivity contribution in [2.75, 3.05) is 0 Å². The van der Waals surface area contributed by atoms with Crippen LogP contribution < -0.4 is 0 Å². The lowest BCUT2D eigenvalue weighted by molar-refractivity contribution is 0.102. The number of aliphatic hydroxyl groups is 2. The Morgan fingerprint density at radius 3 is 1.40 bits per heavy atom. The summed E-state index contributed by atoms with van der Waals surface area (Å²) in [4.78, 5) is 4.65. The minimum atomic E-state index is -0.397. The SMILES string of the molecule is CCCCC(CC)C(O)c1ccc(-c2c3ccsc3c(-c3ccc(C(O)C(CC)CCCC)s3)c3ccsc23)s1. The molecule has 6 heteroatoms. The zero-order valence-corrected chi connectivity index (χ0v) is 27.4. The molecule has 2 N–H and O–H groups in total. The van der Waals surface area contributed by atoms with Gasteiger partial charge in [-0.05, 0) is 71.8 Å². The fourth-order valence-electron chi connectivity index (χ4n) is 5.99. The third-order valence-electron chi connectivity index (χ3n) is 8.45. The maximum absolute atomic E-state index is 11.3. The number of hydrogen-bond acceptors (Lipinski definition) is 6. The van der Waals surface area contributed by atoms with Crippen molar-refractivity contribution in [2.24, 2.45) is 11.8 Å². The summed E-state index contributed by atoms with van der Waals surface area (Å²) < 4.78 is 2.62. The van der Waals surface area contributed by atoms with Gasteiger partial charge in [0.2, 0.25) is 0 Å². The van der Waals surface area contributed by atoms with E-state index >= 15 is 0 Å². The van der Waals surface area contributed by atoms with Crippen molar-refractivity contribution in [1.29, 1.82) is 0 Å². The molecule has 5 rings (SSSR count). The molecule has 4 unspecified atom stereocenters. The van der Waals surface area contributed by atoms with E-state index in [0.717, 1.165) is 35.4 Å². The van der Waals surface area contributed by atoms with Gasteiger partial charge < -0.3 is 10.2 Å². The van der Waals surface area contributed by atoms with Crippen LogP contribution in [0.4, 0.5) is 0 Å². The van der Waals surface area contributed by atoms with Gasteiger partial charge >= 0.3 is 0 Å². The second-order valence-electron chi connectivity index (χ2n) is 11.0. The average Bonchev–Trinajstić information content (AvgIpc) is 3.79. The standard InChI is InChI=1S/C34H42O2S4/c1-5-9-11-21(7-3)31(35)27-15-13-25(39-27)29-23-17-19-38-34(23)30(24-18-20-37-33(24)29)26-14-16-28(40-26)32(36)22(8-4)12-10-6-2/h13-22,31-32,35-36H,5-12H2,1-4H3. The van der Waals surface area contributed by atoms with E-state index in [9.17, 15) is 10.2 Å². The van der Waals surface area contributed by atoms with Gasteiger partial charge in [-0.2, -0.15) is 0 Å². The molecule has 0 aliphatic heterocycles. The van der Waals surface area contributed by atoms with Crippen molar-refractivity contribution in [3.8, 4) is 20.9 Å². The van der Waals surface area contributed by atoms with E-state index in [2.05, 4.69) is 74.9 Å². The summed E-state index contributed by atoms with van der Waals surface area (Å²) in [5, 5.41) is 29.5. The number of unbranched alkanes of at least 4 members (excludes halogenated alkanes) is 2. The molecule has 0 radical (unpaired) electrons. The van der Waals surface area contributed by atoms with Gasteiger partial charge in [-0.15, -0.1) is 45.3 Å². The predicted molar refractivity (Wildman–Crippen MR) is 180 cm³/mol. The number of fused-ring (bicyclic) bond motifs is 2. The highest BCUT2D eigenvalue weighted by molar-refractivity contribution is 7.22. The van der Waals surface area contributed by atoms with E-state index in [1.165, 1.54) is 66.7 Å². The van der Waals surface area contributed by atoms with Crippen molar-refractivity contribution in [3.63, 3.8) is 0 Å². The van der Waals surface area contributed by atoms with E-state index in [1.807, 2.05) is 22.7 Å². The third kappa shape index (κ3) is 5.86. The van der Waals surface area contributed by atoms with Gasteiger partial charge in [0.05, 0.1) is 12.2 Å². The van der Waals surface area contributed by atoms with Crippen LogP contribution in [0.1, 0.15) is 101 Å². The fraction of sp³-hybridized carbons (Fsp3) is 0.471. The number of benzene rings is 1. The van der Waals surface area contributed by atoms with Crippen LogP contribution in [-0.2, 0) is 0 Å². The molecule has 2 nitrogen and oxygen atoms in total. The summed E-state index contributed by atoms with van der Waals surface area (Å²) in [7, 11) is 0.